The zero-order valence-corrected chi connectivity index (χ0v) is 13.2. The predicted molar refractivity (Wildman–Crippen MR) is 87.0 cm³/mol. The van der Waals surface area contributed by atoms with Crippen LogP contribution in [-0.4, -0.2) is 21.1 Å². The quantitative estimate of drug-likeness (QED) is 0.685. The Hall–Kier alpha value is -3.49. The van der Waals surface area contributed by atoms with E-state index in [0.29, 0.717) is 0 Å². The van der Waals surface area contributed by atoms with Crippen molar-refractivity contribution in [3.8, 4) is 0 Å². The highest BCUT2D eigenvalue weighted by Gasteiger charge is 2.14. The lowest BCUT2D eigenvalue weighted by Crippen LogP contribution is -2.24. The zero-order chi connectivity index (χ0) is 18.5. The van der Waals surface area contributed by atoms with Crippen molar-refractivity contribution >= 4 is 17.4 Å². The summed E-state index contributed by atoms with van der Waals surface area (Å²) in [6.45, 7) is 0.272. The van der Waals surface area contributed by atoms with Crippen molar-refractivity contribution in [3.05, 3.63) is 77.5 Å². The maximum atomic E-state index is 13.6. The molecule has 0 bridgehead atoms. The fraction of sp³-hybridized carbons (Fsp3) is 0.0588. The first kappa shape index (κ1) is 17.3. The van der Waals surface area contributed by atoms with Gasteiger partial charge in [0.15, 0.2) is 29.0 Å². The van der Waals surface area contributed by atoms with Gasteiger partial charge in [-0.1, -0.05) is 6.07 Å². The minimum absolute atomic E-state index is 0.0465. The van der Waals surface area contributed by atoms with Crippen LogP contribution in [0.3, 0.4) is 0 Å². The molecule has 0 radical (unpaired) electrons. The van der Waals surface area contributed by atoms with E-state index in [9.17, 15) is 18.0 Å². The monoisotopic (exact) mass is 359 g/mol. The second-order valence-corrected chi connectivity index (χ2v) is 5.20. The van der Waals surface area contributed by atoms with Crippen LogP contribution >= 0.6 is 0 Å². The first-order chi connectivity index (χ1) is 12.5. The Morgan fingerprint density at radius 2 is 1.85 bits per heavy atom. The van der Waals surface area contributed by atoms with Crippen molar-refractivity contribution in [2.75, 3.05) is 5.32 Å². The molecule has 132 valence electrons. The second kappa shape index (κ2) is 7.60. The fourth-order valence-corrected chi connectivity index (χ4v) is 2.06. The first-order valence-corrected chi connectivity index (χ1v) is 7.46. The van der Waals surface area contributed by atoms with Crippen molar-refractivity contribution < 1.29 is 18.0 Å². The average molecular weight is 359 g/mol. The molecule has 3 aromatic rings. The number of carbonyl (C=O) groups is 1. The van der Waals surface area contributed by atoms with E-state index in [4.69, 9.17) is 0 Å². The van der Waals surface area contributed by atoms with Crippen molar-refractivity contribution in [1.82, 2.24) is 20.5 Å². The number of nitrogens with one attached hydrogen (secondary N) is 2. The molecule has 2 heterocycles. The van der Waals surface area contributed by atoms with Crippen LogP contribution in [-0.2, 0) is 6.54 Å². The van der Waals surface area contributed by atoms with Crippen molar-refractivity contribution in [2.45, 2.75) is 6.54 Å². The van der Waals surface area contributed by atoms with Gasteiger partial charge in [-0.2, -0.15) is 0 Å². The lowest BCUT2D eigenvalue weighted by Gasteiger charge is -2.08. The van der Waals surface area contributed by atoms with E-state index in [1.54, 1.807) is 18.5 Å². The summed E-state index contributed by atoms with van der Waals surface area (Å²) in [5.41, 5.74) is 0.568. The molecule has 26 heavy (non-hydrogen) atoms. The van der Waals surface area contributed by atoms with Gasteiger partial charge in [0.05, 0.1) is 5.69 Å². The second-order valence-electron chi connectivity index (χ2n) is 5.20. The molecule has 0 spiro atoms. The number of hydrogen-bond acceptors (Lipinski definition) is 5. The minimum atomic E-state index is -1.59. The van der Waals surface area contributed by atoms with E-state index in [1.165, 1.54) is 12.1 Å². The molecule has 0 aliphatic rings. The summed E-state index contributed by atoms with van der Waals surface area (Å²) in [7, 11) is 0. The van der Waals surface area contributed by atoms with Crippen LogP contribution < -0.4 is 10.6 Å². The molecule has 0 saturated heterocycles. The third-order valence-corrected chi connectivity index (χ3v) is 3.37. The largest absolute Gasteiger partial charge is 0.347 e. The number of hydrogen-bond donors (Lipinski definition) is 2. The van der Waals surface area contributed by atoms with Gasteiger partial charge in [-0.15, -0.1) is 10.2 Å². The van der Waals surface area contributed by atoms with E-state index in [-0.39, 0.29) is 23.7 Å². The summed E-state index contributed by atoms with van der Waals surface area (Å²) >= 11 is 0. The number of benzene rings is 1. The molecular weight excluding hydrogens is 347 g/mol. The molecule has 1 aromatic carbocycles. The molecule has 2 aromatic heterocycles. The standard InChI is InChI=1S/C17H12F3N5O/c18-11-3-4-12(16(20)15(11)19)23-14-6-5-13(24-25-14)17(26)22-9-10-2-1-7-21-8-10/h1-8H,9H2,(H,22,26)(H,23,25). The van der Waals surface area contributed by atoms with Gasteiger partial charge in [0.1, 0.15) is 0 Å². The van der Waals surface area contributed by atoms with Crippen LogP contribution in [0, 0.1) is 17.5 Å². The van der Waals surface area contributed by atoms with Crippen LogP contribution in [0.5, 0.6) is 0 Å². The molecule has 0 aliphatic carbocycles. The average Bonchev–Trinajstić information content (AvgIpc) is 2.68. The molecule has 0 saturated carbocycles. The molecule has 0 atom stereocenters. The van der Waals surface area contributed by atoms with Crippen LogP contribution in [0.4, 0.5) is 24.7 Å². The van der Waals surface area contributed by atoms with E-state index < -0.39 is 23.4 Å². The normalized spacial score (nSPS) is 10.4. The molecule has 9 heteroatoms. The minimum Gasteiger partial charge on any atom is -0.347 e. The van der Waals surface area contributed by atoms with Crippen LogP contribution in [0.25, 0.3) is 0 Å². The van der Waals surface area contributed by atoms with Gasteiger partial charge in [-0.25, -0.2) is 13.2 Å². The Morgan fingerprint density at radius 1 is 1.00 bits per heavy atom. The molecule has 2 N–H and O–H groups in total. The van der Waals surface area contributed by atoms with Crippen molar-refractivity contribution in [2.24, 2.45) is 0 Å². The van der Waals surface area contributed by atoms with Gasteiger partial charge < -0.3 is 10.6 Å². The predicted octanol–water partition coefficient (Wildman–Crippen LogP) is 2.96. The van der Waals surface area contributed by atoms with Gasteiger partial charge in [-0.3, -0.25) is 9.78 Å². The lowest BCUT2D eigenvalue weighted by molar-refractivity contribution is 0.0945. The highest BCUT2D eigenvalue weighted by molar-refractivity contribution is 5.92. The summed E-state index contributed by atoms with van der Waals surface area (Å²) in [6.07, 6.45) is 3.24. The smallest absolute Gasteiger partial charge is 0.272 e. The van der Waals surface area contributed by atoms with E-state index >= 15 is 0 Å². The highest BCUT2D eigenvalue weighted by atomic mass is 19.2. The third-order valence-electron chi connectivity index (χ3n) is 3.37. The number of rotatable bonds is 5. The van der Waals surface area contributed by atoms with Crippen LogP contribution in [0.1, 0.15) is 16.1 Å². The summed E-state index contributed by atoms with van der Waals surface area (Å²) in [6, 6.07) is 8.11. The maximum absolute atomic E-state index is 13.6. The zero-order valence-electron chi connectivity index (χ0n) is 13.2. The number of nitrogens with zero attached hydrogens (tertiary/aromatic N) is 3. The van der Waals surface area contributed by atoms with Gasteiger partial charge in [0, 0.05) is 18.9 Å². The Balaban J connectivity index is 1.65. The number of aromatic nitrogens is 3. The topological polar surface area (TPSA) is 79.8 Å². The third kappa shape index (κ3) is 3.94. The number of halogens is 3. The SMILES string of the molecule is O=C(NCc1cccnc1)c1ccc(Nc2ccc(F)c(F)c2F)nn1. The fourth-order valence-electron chi connectivity index (χ4n) is 2.06. The Bertz CT molecular complexity index is 920. The van der Waals surface area contributed by atoms with Crippen LogP contribution in [0.15, 0.2) is 48.8 Å². The van der Waals surface area contributed by atoms with Crippen molar-refractivity contribution in [1.29, 1.82) is 0 Å². The Morgan fingerprint density at radius 3 is 2.54 bits per heavy atom. The number of amides is 1. The molecule has 0 fully saturated rings. The summed E-state index contributed by atoms with van der Waals surface area (Å²) in [5.74, 6) is -4.63. The molecule has 3 rings (SSSR count). The van der Waals surface area contributed by atoms with E-state index in [0.717, 1.165) is 17.7 Å². The summed E-state index contributed by atoms with van der Waals surface area (Å²) in [4.78, 5) is 16.0. The Kier molecular flexibility index (Phi) is 5.07. The van der Waals surface area contributed by atoms with Gasteiger partial charge in [-0.05, 0) is 35.9 Å². The van der Waals surface area contributed by atoms with Crippen molar-refractivity contribution in [3.63, 3.8) is 0 Å². The Labute approximate surface area is 146 Å². The summed E-state index contributed by atoms with van der Waals surface area (Å²) < 4.78 is 39.7. The van der Waals surface area contributed by atoms with E-state index in [1.807, 2.05) is 6.07 Å². The maximum Gasteiger partial charge on any atom is 0.272 e. The molecule has 0 aliphatic heterocycles. The molecular formula is C17H12F3N5O. The number of carbonyl (C=O) groups excluding carboxylic acids is 1. The highest BCUT2D eigenvalue weighted by Crippen LogP contribution is 2.22. The molecule has 1 amide bonds. The van der Waals surface area contributed by atoms with E-state index in [2.05, 4.69) is 25.8 Å². The first-order valence-electron chi connectivity index (χ1n) is 7.46. The van der Waals surface area contributed by atoms with Gasteiger partial charge in [0.2, 0.25) is 0 Å². The molecule has 6 nitrogen and oxygen atoms in total. The van der Waals surface area contributed by atoms with Gasteiger partial charge >= 0.3 is 0 Å². The summed E-state index contributed by atoms with van der Waals surface area (Å²) in [5, 5.41) is 12.6. The van der Waals surface area contributed by atoms with Crippen LogP contribution in [0.2, 0.25) is 0 Å². The number of pyridine rings is 1. The number of anilines is 2. The molecule has 0 unspecified atom stereocenters. The lowest BCUT2D eigenvalue weighted by atomic mass is 10.2. The van der Waals surface area contributed by atoms with Gasteiger partial charge in [0.25, 0.3) is 5.91 Å².